The van der Waals surface area contributed by atoms with Crippen molar-refractivity contribution in [2.45, 2.75) is 45.1 Å². The summed E-state index contributed by atoms with van der Waals surface area (Å²) in [5.74, 6) is -0.143. The second-order valence-electron chi connectivity index (χ2n) is 3.38. The number of nitrogens with one attached hydrogen (secondary N) is 1. The summed E-state index contributed by atoms with van der Waals surface area (Å²) in [5, 5.41) is 0. The molecule has 0 fully saturated rings. The molecular weight excluding hydrogens is 166 g/mol. The predicted molar refractivity (Wildman–Crippen MR) is 50.9 cm³/mol. The van der Waals surface area contributed by atoms with Gasteiger partial charge >= 0.3 is 0 Å². The number of carbonyl (C=O) groups excluding carboxylic acids is 1. The van der Waals surface area contributed by atoms with E-state index in [9.17, 15) is 4.79 Å². The van der Waals surface area contributed by atoms with Crippen molar-refractivity contribution in [3.8, 4) is 0 Å². The Balaban J connectivity index is 2.28. The molecule has 0 aromatic carbocycles. The minimum Gasteiger partial charge on any atom is -0.273 e. The summed E-state index contributed by atoms with van der Waals surface area (Å²) in [6.45, 7) is 1.45. The molecule has 0 heterocycles. The van der Waals surface area contributed by atoms with Gasteiger partial charge in [0.15, 0.2) is 0 Å². The van der Waals surface area contributed by atoms with Crippen LogP contribution in [0.15, 0.2) is 12.2 Å². The second-order valence-corrected chi connectivity index (χ2v) is 3.38. The molecule has 13 heavy (non-hydrogen) atoms. The summed E-state index contributed by atoms with van der Waals surface area (Å²) in [7, 11) is 0. The Morgan fingerprint density at radius 1 is 1.46 bits per heavy atom. The Bertz CT molecular complexity index is 189. The number of carbonyl (C=O) groups is 1. The van der Waals surface area contributed by atoms with E-state index in [1.807, 2.05) is 6.08 Å². The lowest BCUT2D eigenvalue weighted by molar-refractivity contribution is -0.134. The lowest BCUT2D eigenvalue weighted by atomic mass is 10.0. The normalized spacial score (nSPS) is 25.8. The minimum atomic E-state index is -0.143. The molecule has 0 bridgehead atoms. The molecule has 3 nitrogen and oxygen atoms in total. The van der Waals surface area contributed by atoms with Crippen LogP contribution in [0.3, 0.4) is 0 Å². The molecule has 1 rings (SSSR count). The third-order valence-corrected chi connectivity index (χ3v) is 2.06. The summed E-state index contributed by atoms with van der Waals surface area (Å²) >= 11 is 0. The van der Waals surface area contributed by atoms with Crippen LogP contribution in [-0.4, -0.2) is 12.0 Å². The van der Waals surface area contributed by atoms with Crippen LogP contribution in [0.5, 0.6) is 0 Å². The molecule has 0 aromatic heterocycles. The first-order chi connectivity index (χ1) is 6.29. The predicted octanol–water partition coefficient (Wildman–Crippen LogP) is 1.94. The van der Waals surface area contributed by atoms with Crippen molar-refractivity contribution >= 4 is 5.91 Å². The minimum absolute atomic E-state index is 0.0594. The van der Waals surface area contributed by atoms with E-state index in [2.05, 4.69) is 11.6 Å². The highest BCUT2D eigenvalue weighted by atomic mass is 16.7. The van der Waals surface area contributed by atoms with Crippen LogP contribution in [0.25, 0.3) is 0 Å². The van der Waals surface area contributed by atoms with E-state index in [-0.39, 0.29) is 12.0 Å². The third-order valence-electron chi connectivity index (χ3n) is 2.06. The van der Waals surface area contributed by atoms with Crippen molar-refractivity contribution < 1.29 is 9.63 Å². The Morgan fingerprint density at radius 3 is 3.08 bits per heavy atom. The van der Waals surface area contributed by atoms with Gasteiger partial charge < -0.3 is 0 Å². The quantitative estimate of drug-likeness (QED) is 0.525. The maximum absolute atomic E-state index is 10.6. The lowest BCUT2D eigenvalue weighted by Crippen LogP contribution is -2.26. The summed E-state index contributed by atoms with van der Waals surface area (Å²) in [6.07, 6.45) is 10.0. The molecule has 0 saturated carbocycles. The van der Waals surface area contributed by atoms with E-state index in [1.54, 1.807) is 0 Å². The zero-order chi connectivity index (χ0) is 9.52. The fourth-order valence-electron chi connectivity index (χ4n) is 1.39. The van der Waals surface area contributed by atoms with Crippen molar-refractivity contribution in [1.82, 2.24) is 5.48 Å². The fraction of sp³-hybridized carbons (Fsp3) is 0.700. The van der Waals surface area contributed by atoms with E-state index < -0.39 is 0 Å². The molecule has 1 unspecified atom stereocenters. The number of hydroxylamine groups is 1. The number of allylic oxidation sites excluding steroid dienone is 1. The Morgan fingerprint density at radius 2 is 2.31 bits per heavy atom. The zero-order valence-electron chi connectivity index (χ0n) is 8.08. The van der Waals surface area contributed by atoms with Gasteiger partial charge in [0, 0.05) is 6.92 Å². The first-order valence-electron chi connectivity index (χ1n) is 4.88. The van der Waals surface area contributed by atoms with E-state index in [1.165, 1.54) is 26.2 Å². The highest BCUT2D eigenvalue weighted by Crippen LogP contribution is 2.13. The van der Waals surface area contributed by atoms with Crippen molar-refractivity contribution in [2.75, 3.05) is 0 Å². The van der Waals surface area contributed by atoms with E-state index >= 15 is 0 Å². The number of hydrogen-bond acceptors (Lipinski definition) is 2. The Labute approximate surface area is 79.1 Å². The van der Waals surface area contributed by atoms with Crippen LogP contribution in [0.4, 0.5) is 0 Å². The van der Waals surface area contributed by atoms with E-state index in [4.69, 9.17) is 4.84 Å². The molecule has 74 valence electrons. The van der Waals surface area contributed by atoms with Crippen molar-refractivity contribution in [3.05, 3.63) is 12.2 Å². The molecule has 1 aliphatic rings. The zero-order valence-corrected chi connectivity index (χ0v) is 8.08. The van der Waals surface area contributed by atoms with Crippen LogP contribution in [-0.2, 0) is 9.63 Å². The van der Waals surface area contributed by atoms with Crippen molar-refractivity contribution in [3.63, 3.8) is 0 Å². The van der Waals surface area contributed by atoms with Crippen LogP contribution in [0, 0.1) is 0 Å². The maximum atomic E-state index is 10.6. The molecule has 3 heteroatoms. The molecule has 0 saturated heterocycles. The van der Waals surface area contributed by atoms with Crippen molar-refractivity contribution in [2.24, 2.45) is 0 Å². The van der Waals surface area contributed by atoms with Gasteiger partial charge in [-0.05, 0) is 19.3 Å². The van der Waals surface area contributed by atoms with E-state index in [0.29, 0.717) is 0 Å². The largest absolute Gasteiger partial charge is 0.273 e. The third kappa shape index (κ3) is 4.68. The maximum Gasteiger partial charge on any atom is 0.240 e. The van der Waals surface area contributed by atoms with Gasteiger partial charge in [0.2, 0.25) is 5.91 Å². The Kier molecular flexibility index (Phi) is 4.54. The average molecular weight is 183 g/mol. The highest BCUT2D eigenvalue weighted by molar-refractivity contribution is 5.71. The SMILES string of the molecule is CC(=O)NOC1/C=C\CCCCC1. The van der Waals surface area contributed by atoms with Crippen LogP contribution in [0.1, 0.15) is 39.0 Å². The van der Waals surface area contributed by atoms with Crippen molar-refractivity contribution in [1.29, 1.82) is 0 Å². The number of hydrogen-bond donors (Lipinski definition) is 1. The van der Waals surface area contributed by atoms with Crippen LogP contribution >= 0.6 is 0 Å². The molecule has 1 atom stereocenters. The highest BCUT2D eigenvalue weighted by Gasteiger charge is 2.07. The smallest absolute Gasteiger partial charge is 0.240 e. The summed E-state index contributed by atoms with van der Waals surface area (Å²) in [5.41, 5.74) is 2.37. The van der Waals surface area contributed by atoms with Gasteiger partial charge in [-0.1, -0.05) is 25.0 Å². The van der Waals surface area contributed by atoms with Crippen LogP contribution in [0.2, 0.25) is 0 Å². The number of rotatable bonds is 2. The molecule has 1 aliphatic carbocycles. The first kappa shape index (κ1) is 10.3. The fourth-order valence-corrected chi connectivity index (χ4v) is 1.39. The molecule has 0 aromatic rings. The monoisotopic (exact) mass is 183 g/mol. The Hall–Kier alpha value is -0.830. The topological polar surface area (TPSA) is 38.3 Å². The van der Waals surface area contributed by atoms with Gasteiger partial charge in [-0.15, -0.1) is 0 Å². The first-order valence-corrected chi connectivity index (χ1v) is 4.88. The van der Waals surface area contributed by atoms with Gasteiger partial charge in [-0.3, -0.25) is 9.63 Å². The average Bonchev–Trinajstić information content (AvgIpc) is 2.01. The summed E-state index contributed by atoms with van der Waals surface area (Å²) in [6, 6.07) is 0. The standard InChI is InChI=1S/C10H17NO2/c1-9(12)11-13-10-7-5-3-2-4-6-8-10/h5,7,10H,2-4,6,8H2,1H3,(H,11,12)/b7-5-. The summed E-state index contributed by atoms with van der Waals surface area (Å²) < 4.78 is 0. The van der Waals surface area contributed by atoms with Gasteiger partial charge in [-0.25, -0.2) is 5.48 Å². The molecule has 0 aliphatic heterocycles. The second kappa shape index (κ2) is 5.75. The molecule has 0 radical (unpaired) electrons. The molecule has 1 amide bonds. The van der Waals surface area contributed by atoms with Crippen LogP contribution < -0.4 is 5.48 Å². The van der Waals surface area contributed by atoms with Gasteiger partial charge in [-0.2, -0.15) is 0 Å². The van der Waals surface area contributed by atoms with Gasteiger partial charge in [0.1, 0.15) is 6.10 Å². The van der Waals surface area contributed by atoms with Gasteiger partial charge in [0.25, 0.3) is 0 Å². The number of amides is 1. The van der Waals surface area contributed by atoms with Gasteiger partial charge in [0.05, 0.1) is 0 Å². The molecule has 1 N–H and O–H groups in total. The lowest BCUT2D eigenvalue weighted by Gasteiger charge is -2.15. The molecule has 0 spiro atoms. The summed E-state index contributed by atoms with van der Waals surface area (Å²) in [4.78, 5) is 15.8. The molecular formula is C10H17NO2. The van der Waals surface area contributed by atoms with E-state index in [0.717, 1.165) is 12.8 Å².